The molecule has 29 heavy (non-hydrogen) atoms. The Hall–Kier alpha value is -3.81. The van der Waals surface area contributed by atoms with Crippen molar-refractivity contribution in [3.8, 4) is 5.82 Å². The highest BCUT2D eigenvalue weighted by atomic mass is 16.1. The SMILES string of the molecule is Cc1cc(C)n(-c2cc(NCCNC(=O)c3nccc4ccccc34)ncn2)n1. The van der Waals surface area contributed by atoms with Gasteiger partial charge in [-0.15, -0.1) is 0 Å². The second-order valence-electron chi connectivity index (χ2n) is 6.66. The average molecular weight is 387 g/mol. The molecule has 0 unspecified atom stereocenters. The molecule has 0 spiro atoms. The van der Waals surface area contributed by atoms with Crippen LogP contribution < -0.4 is 10.6 Å². The Morgan fingerprint density at radius 3 is 2.72 bits per heavy atom. The number of rotatable bonds is 6. The van der Waals surface area contributed by atoms with Crippen LogP contribution in [0.25, 0.3) is 16.6 Å². The van der Waals surface area contributed by atoms with E-state index in [0.717, 1.165) is 22.2 Å². The second-order valence-corrected chi connectivity index (χ2v) is 6.66. The molecule has 0 saturated carbocycles. The number of hydrogen-bond donors (Lipinski definition) is 2. The van der Waals surface area contributed by atoms with E-state index in [-0.39, 0.29) is 5.91 Å². The minimum atomic E-state index is -0.199. The van der Waals surface area contributed by atoms with Gasteiger partial charge in [0.25, 0.3) is 5.91 Å². The standard InChI is InChI=1S/C21H21N7O/c1-14-11-15(2)28(27-14)19-12-18(25-13-26-19)22-9-10-24-21(29)20-17-6-4-3-5-16(17)7-8-23-20/h3-8,11-13H,9-10H2,1-2H3,(H,24,29)(H,22,25,26). The predicted octanol–water partition coefficient (Wildman–Crippen LogP) is 2.67. The van der Waals surface area contributed by atoms with Gasteiger partial charge < -0.3 is 10.6 Å². The van der Waals surface area contributed by atoms with Crippen molar-refractivity contribution < 1.29 is 4.79 Å². The number of nitrogens with zero attached hydrogens (tertiary/aromatic N) is 5. The number of anilines is 1. The van der Waals surface area contributed by atoms with E-state index in [2.05, 4.69) is 30.7 Å². The van der Waals surface area contributed by atoms with Gasteiger partial charge in [-0.25, -0.2) is 14.6 Å². The number of amides is 1. The molecule has 3 heterocycles. The monoisotopic (exact) mass is 387 g/mol. The van der Waals surface area contributed by atoms with Gasteiger partial charge in [0.1, 0.15) is 17.8 Å². The zero-order chi connectivity index (χ0) is 20.2. The summed E-state index contributed by atoms with van der Waals surface area (Å²) in [7, 11) is 0. The van der Waals surface area contributed by atoms with Gasteiger partial charge in [-0.1, -0.05) is 24.3 Å². The fourth-order valence-electron chi connectivity index (χ4n) is 3.17. The molecule has 0 aliphatic heterocycles. The molecule has 0 aliphatic rings. The van der Waals surface area contributed by atoms with Crippen molar-refractivity contribution in [1.82, 2.24) is 30.0 Å². The highest BCUT2D eigenvalue weighted by Gasteiger charge is 2.11. The van der Waals surface area contributed by atoms with E-state index >= 15 is 0 Å². The van der Waals surface area contributed by atoms with Crippen molar-refractivity contribution in [2.75, 3.05) is 18.4 Å². The van der Waals surface area contributed by atoms with Crippen LogP contribution in [0.4, 0.5) is 5.82 Å². The number of aromatic nitrogens is 5. The summed E-state index contributed by atoms with van der Waals surface area (Å²) in [6.45, 7) is 4.87. The quantitative estimate of drug-likeness (QED) is 0.494. The predicted molar refractivity (Wildman–Crippen MR) is 111 cm³/mol. The van der Waals surface area contributed by atoms with Gasteiger partial charge in [0, 0.05) is 36.4 Å². The second kappa shape index (κ2) is 8.05. The first-order valence-electron chi connectivity index (χ1n) is 9.33. The van der Waals surface area contributed by atoms with Crippen LogP contribution in [0.1, 0.15) is 21.9 Å². The van der Waals surface area contributed by atoms with Crippen LogP contribution in [0.2, 0.25) is 0 Å². The maximum Gasteiger partial charge on any atom is 0.270 e. The van der Waals surface area contributed by atoms with Crippen molar-refractivity contribution in [2.24, 2.45) is 0 Å². The zero-order valence-corrected chi connectivity index (χ0v) is 16.3. The fraction of sp³-hybridized carbons (Fsp3) is 0.190. The van der Waals surface area contributed by atoms with E-state index in [4.69, 9.17) is 0 Å². The smallest absolute Gasteiger partial charge is 0.270 e. The molecule has 8 nitrogen and oxygen atoms in total. The lowest BCUT2D eigenvalue weighted by molar-refractivity contribution is 0.0952. The largest absolute Gasteiger partial charge is 0.368 e. The third-order valence-electron chi connectivity index (χ3n) is 4.48. The number of carbonyl (C=O) groups is 1. The van der Waals surface area contributed by atoms with E-state index < -0.39 is 0 Å². The number of aryl methyl sites for hydroxylation is 2. The third-order valence-corrected chi connectivity index (χ3v) is 4.48. The lowest BCUT2D eigenvalue weighted by Gasteiger charge is -2.09. The summed E-state index contributed by atoms with van der Waals surface area (Å²) in [5, 5.41) is 12.4. The molecule has 2 N–H and O–H groups in total. The Kier molecular flexibility index (Phi) is 5.15. The maximum absolute atomic E-state index is 12.5. The van der Waals surface area contributed by atoms with Crippen LogP contribution in [-0.2, 0) is 0 Å². The van der Waals surface area contributed by atoms with Gasteiger partial charge in [0.05, 0.1) is 5.69 Å². The van der Waals surface area contributed by atoms with Crippen molar-refractivity contribution in [1.29, 1.82) is 0 Å². The molecule has 0 bridgehead atoms. The Morgan fingerprint density at radius 2 is 1.90 bits per heavy atom. The minimum absolute atomic E-state index is 0.199. The molecule has 4 aromatic rings. The van der Waals surface area contributed by atoms with Crippen LogP contribution in [0.5, 0.6) is 0 Å². The molecule has 146 valence electrons. The third kappa shape index (κ3) is 4.06. The molecule has 1 amide bonds. The molecule has 0 saturated heterocycles. The summed E-state index contributed by atoms with van der Waals surface area (Å²) in [4.78, 5) is 25.3. The van der Waals surface area contributed by atoms with Crippen molar-refractivity contribution in [3.05, 3.63) is 72.1 Å². The number of nitrogens with one attached hydrogen (secondary N) is 2. The normalized spacial score (nSPS) is 10.8. The first-order chi connectivity index (χ1) is 14.1. The first kappa shape index (κ1) is 18.5. The minimum Gasteiger partial charge on any atom is -0.368 e. The lowest BCUT2D eigenvalue weighted by atomic mass is 10.1. The van der Waals surface area contributed by atoms with Gasteiger partial charge in [0.2, 0.25) is 0 Å². The number of hydrogen-bond acceptors (Lipinski definition) is 6. The van der Waals surface area contributed by atoms with Gasteiger partial charge in [-0.3, -0.25) is 9.78 Å². The molecule has 1 aromatic carbocycles. The number of pyridine rings is 1. The Balaban J connectivity index is 1.37. The topological polar surface area (TPSA) is 97.6 Å². The summed E-state index contributed by atoms with van der Waals surface area (Å²) in [6, 6.07) is 13.4. The fourth-order valence-corrected chi connectivity index (χ4v) is 3.17. The lowest BCUT2D eigenvalue weighted by Crippen LogP contribution is -2.29. The summed E-state index contributed by atoms with van der Waals surface area (Å²) in [6.07, 6.45) is 3.14. The average Bonchev–Trinajstić information content (AvgIpc) is 3.09. The summed E-state index contributed by atoms with van der Waals surface area (Å²) >= 11 is 0. The van der Waals surface area contributed by atoms with Crippen LogP contribution in [0.15, 0.2) is 55.0 Å². The van der Waals surface area contributed by atoms with Gasteiger partial charge in [-0.05, 0) is 31.4 Å². The van der Waals surface area contributed by atoms with Crippen LogP contribution in [-0.4, -0.2) is 43.7 Å². The molecule has 3 aromatic heterocycles. The maximum atomic E-state index is 12.5. The van der Waals surface area contributed by atoms with E-state index in [9.17, 15) is 4.79 Å². The number of carbonyl (C=O) groups excluding carboxylic acids is 1. The summed E-state index contributed by atoms with van der Waals surface area (Å²) < 4.78 is 1.77. The van der Waals surface area contributed by atoms with Crippen LogP contribution >= 0.6 is 0 Å². The number of fused-ring (bicyclic) bond motifs is 1. The molecule has 8 heteroatoms. The van der Waals surface area contributed by atoms with Crippen molar-refractivity contribution in [3.63, 3.8) is 0 Å². The molecule has 0 radical (unpaired) electrons. The number of benzene rings is 1. The molecule has 0 atom stereocenters. The Morgan fingerprint density at radius 1 is 1.03 bits per heavy atom. The molecule has 0 aliphatic carbocycles. The van der Waals surface area contributed by atoms with E-state index in [1.54, 1.807) is 10.9 Å². The zero-order valence-electron chi connectivity index (χ0n) is 16.3. The van der Waals surface area contributed by atoms with Gasteiger partial charge in [0.15, 0.2) is 5.82 Å². The highest BCUT2D eigenvalue weighted by molar-refractivity contribution is 6.05. The molecular weight excluding hydrogens is 366 g/mol. The van der Waals surface area contributed by atoms with Crippen molar-refractivity contribution in [2.45, 2.75) is 13.8 Å². The van der Waals surface area contributed by atoms with Crippen LogP contribution in [0, 0.1) is 13.8 Å². The van der Waals surface area contributed by atoms with Gasteiger partial charge in [-0.2, -0.15) is 5.10 Å². The van der Waals surface area contributed by atoms with Crippen LogP contribution in [0.3, 0.4) is 0 Å². The highest BCUT2D eigenvalue weighted by Crippen LogP contribution is 2.16. The van der Waals surface area contributed by atoms with Crippen molar-refractivity contribution >= 4 is 22.5 Å². The Bertz CT molecular complexity index is 1160. The van der Waals surface area contributed by atoms with E-state index in [0.29, 0.717) is 30.4 Å². The first-order valence-corrected chi connectivity index (χ1v) is 9.33. The molecular formula is C21H21N7O. The van der Waals surface area contributed by atoms with Gasteiger partial charge >= 0.3 is 0 Å². The Labute approximate surface area is 168 Å². The van der Waals surface area contributed by atoms with E-state index in [1.807, 2.05) is 56.3 Å². The summed E-state index contributed by atoms with van der Waals surface area (Å²) in [5.74, 6) is 1.16. The van der Waals surface area contributed by atoms with E-state index in [1.165, 1.54) is 6.33 Å². The molecule has 0 fully saturated rings. The summed E-state index contributed by atoms with van der Waals surface area (Å²) in [5.41, 5.74) is 2.36. The molecule has 4 rings (SSSR count).